The second-order valence-corrected chi connectivity index (χ2v) is 4.34. The van der Waals surface area contributed by atoms with E-state index >= 15 is 0 Å². The molecule has 0 saturated carbocycles. The molecule has 1 fully saturated rings. The molecule has 1 saturated heterocycles. The van der Waals surface area contributed by atoms with Crippen molar-refractivity contribution in [3.8, 4) is 0 Å². The van der Waals surface area contributed by atoms with E-state index in [1.54, 1.807) is 12.3 Å². The van der Waals surface area contributed by atoms with Gasteiger partial charge in [-0.2, -0.15) is 0 Å². The summed E-state index contributed by atoms with van der Waals surface area (Å²) < 4.78 is 5.48. The first-order valence-electron chi connectivity index (χ1n) is 4.92. The van der Waals surface area contributed by atoms with Crippen LogP contribution in [0.4, 0.5) is 5.82 Å². The summed E-state index contributed by atoms with van der Waals surface area (Å²) >= 11 is 11.7. The highest BCUT2D eigenvalue weighted by Crippen LogP contribution is 2.23. The molecule has 5 heteroatoms. The van der Waals surface area contributed by atoms with E-state index in [0.29, 0.717) is 15.9 Å². The smallest absolute Gasteiger partial charge is 0.144 e. The van der Waals surface area contributed by atoms with Crippen LogP contribution in [-0.4, -0.2) is 24.2 Å². The summed E-state index contributed by atoms with van der Waals surface area (Å²) in [6.07, 6.45) is 4.08. The molecule has 1 atom stereocenters. The maximum absolute atomic E-state index is 5.96. The molecule has 1 unspecified atom stereocenters. The first-order chi connectivity index (χ1) is 7.25. The lowest BCUT2D eigenvalue weighted by atomic mass is 10.2. The largest absolute Gasteiger partial charge is 0.376 e. The van der Waals surface area contributed by atoms with Crippen molar-refractivity contribution in [1.29, 1.82) is 0 Å². The van der Waals surface area contributed by atoms with Gasteiger partial charge in [0.15, 0.2) is 0 Å². The quantitative estimate of drug-likeness (QED) is 0.891. The summed E-state index contributed by atoms with van der Waals surface area (Å²) in [7, 11) is 0. The predicted octanol–water partition coefficient (Wildman–Crippen LogP) is 2.98. The van der Waals surface area contributed by atoms with Gasteiger partial charge in [-0.25, -0.2) is 4.98 Å². The van der Waals surface area contributed by atoms with E-state index in [-0.39, 0.29) is 6.10 Å². The Morgan fingerprint density at radius 2 is 2.40 bits per heavy atom. The second kappa shape index (κ2) is 5.01. The van der Waals surface area contributed by atoms with E-state index in [1.165, 1.54) is 0 Å². The maximum Gasteiger partial charge on any atom is 0.144 e. The molecule has 82 valence electrons. The van der Waals surface area contributed by atoms with E-state index in [2.05, 4.69) is 10.3 Å². The van der Waals surface area contributed by atoms with Crippen molar-refractivity contribution >= 4 is 29.0 Å². The number of hydrogen-bond acceptors (Lipinski definition) is 3. The van der Waals surface area contributed by atoms with Gasteiger partial charge in [-0.15, -0.1) is 0 Å². The van der Waals surface area contributed by atoms with Crippen LogP contribution < -0.4 is 5.32 Å². The fraction of sp³-hybridized carbons (Fsp3) is 0.500. The Morgan fingerprint density at radius 1 is 1.53 bits per heavy atom. The standard InChI is InChI=1S/C10H12Cl2N2O/c11-7-4-9(12)10(13-5-7)14-6-8-2-1-3-15-8/h4-5,8H,1-3,6H2,(H,13,14). The van der Waals surface area contributed by atoms with E-state index in [1.807, 2.05) is 0 Å². The Labute approximate surface area is 98.7 Å². The number of nitrogens with one attached hydrogen (secondary N) is 1. The van der Waals surface area contributed by atoms with Crippen LogP contribution in [0.3, 0.4) is 0 Å². The summed E-state index contributed by atoms with van der Waals surface area (Å²) in [5.74, 6) is 0.663. The Kier molecular flexibility index (Phi) is 3.67. The number of nitrogens with zero attached hydrogens (tertiary/aromatic N) is 1. The van der Waals surface area contributed by atoms with Crippen molar-refractivity contribution in [3.05, 3.63) is 22.3 Å². The van der Waals surface area contributed by atoms with Crippen LogP contribution in [0.15, 0.2) is 12.3 Å². The fourth-order valence-corrected chi connectivity index (χ4v) is 2.01. The molecule has 0 aliphatic carbocycles. The summed E-state index contributed by atoms with van der Waals surface area (Å²) in [5, 5.41) is 4.24. The SMILES string of the molecule is Clc1cnc(NCC2CCCO2)c(Cl)c1. The van der Waals surface area contributed by atoms with Gasteiger partial charge < -0.3 is 10.1 Å². The van der Waals surface area contributed by atoms with Gasteiger partial charge in [0, 0.05) is 19.3 Å². The fourth-order valence-electron chi connectivity index (χ4n) is 1.56. The molecular weight excluding hydrogens is 235 g/mol. The van der Waals surface area contributed by atoms with E-state index < -0.39 is 0 Å². The zero-order chi connectivity index (χ0) is 10.7. The zero-order valence-corrected chi connectivity index (χ0v) is 9.68. The normalized spacial score (nSPS) is 20.5. The third kappa shape index (κ3) is 2.97. The first kappa shape index (κ1) is 11.0. The molecule has 0 amide bonds. The molecule has 1 N–H and O–H groups in total. The second-order valence-electron chi connectivity index (χ2n) is 3.50. The van der Waals surface area contributed by atoms with Crippen molar-refractivity contribution in [3.63, 3.8) is 0 Å². The third-order valence-electron chi connectivity index (χ3n) is 2.33. The summed E-state index contributed by atoms with van der Waals surface area (Å²) in [4.78, 5) is 4.11. The first-order valence-corrected chi connectivity index (χ1v) is 5.68. The van der Waals surface area contributed by atoms with Crippen LogP contribution in [0.5, 0.6) is 0 Å². The summed E-state index contributed by atoms with van der Waals surface area (Å²) in [6.45, 7) is 1.60. The van der Waals surface area contributed by atoms with Gasteiger partial charge in [0.05, 0.1) is 16.1 Å². The molecule has 3 nitrogen and oxygen atoms in total. The predicted molar refractivity (Wildman–Crippen MR) is 61.7 cm³/mol. The molecule has 0 spiro atoms. The van der Waals surface area contributed by atoms with Gasteiger partial charge in [-0.3, -0.25) is 0 Å². The van der Waals surface area contributed by atoms with Gasteiger partial charge in [0.1, 0.15) is 5.82 Å². The lowest BCUT2D eigenvalue weighted by molar-refractivity contribution is 0.120. The van der Waals surface area contributed by atoms with Gasteiger partial charge in [0.25, 0.3) is 0 Å². The third-order valence-corrected chi connectivity index (χ3v) is 2.82. The number of aromatic nitrogens is 1. The molecule has 0 bridgehead atoms. The Hall–Kier alpha value is -0.510. The minimum atomic E-state index is 0.276. The molecule has 1 aromatic rings. The van der Waals surface area contributed by atoms with Crippen LogP contribution in [-0.2, 0) is 4.74 Å². The number of ether oxygens (including phenoxy) is 1. The highest BCUT2D eigenvalue weighted by molar-refractivity contribution is 6.35. The lowest BCUT2D eigenvalue weighted by Gasteiger charge is -2.12. The molecule has 2 rings (SSSR count). The molecule has 1 aliphatic heterocycles. The molecule has 0 aromatic carbocycles. The minimum Gasteiger partial charge on any atom is -0.376 e. The molecule has 0 radical (unpaired) electrons. The van der Waals surface area contributed by atoms with Crippen LogP contribution in [0.1, 0.15) is 12.8 Å². The van der Waals surface area contributed by atoms with Crippen LogP contribution in [0.2, 0.25) is 10.0 Å². The van der Waals surface area contributed by atoms with Gasteiger partial charge in [-0.05, 0) is 18.9 Å². The van der Waals surface area contributed by atoms with Gasteiger partial charge in [0.2, 0.25) is 0 Å². The van der Waals surface area contributed by atoms with Gasteiger partial charge in [-0.1, -0.05) is 23.2 Å². The van der Waals surface area contributed by atoms with E-state index in [4.69, 9.17) is 27.9 Å². The van der Waals surface area contributed by atoms with Crippen LogP contribution in [0, 0.1) is 0 Å². The molecule has 2 heterocycles. The maximum atomic E-state index is 5.96. The monoisotopic (exact) mass is 246 g/mol. The summed E-state index contributed by atoms with van der Waals surface area (Å²) in [5.41, 5.74) is 0. The minimum absolute atomic E-state index is 0.276. The zero-order valence-electron chi connectivity index (χ0n) is 8.17. The highest BCUT2D eigenvalue weighted by Gasteiger charge is 2.15. The Balaban J connectivity index is 1.92. The van der Waals surface area contributed by atoms with Crippen molar-refractivity contribution in [2.75, 3.05) is 18.5 Å². The summed E-state index contributed by atoms with van der Waals surface area (Å²) in [6, 6.07) is 1.67. The number of pyridine rings is 1. The number of hydrogen-bond donors (Lipinski definition) is 1. The van der Waals surface area contributed by atoms with E-state index in [9.17, 15) is 0 Å². The van der Waals surface area contributed by atoms with Crippen molar-refractivity contribution in [1.82, 2.24) is 4.98 Å². The van der Waals surface area contributed by atoms with E-state index in [0.717, 1.165) is 26.0 Å². The molecule has 1 aliphatic rings. The Bertz CT molecular complexity index is 340. The van der Waals surface area contributed by atoms with Crippen LogP contribution in [0.25, 0.3) is 0 Å². The average Bonchev–Trinajstić information content (AvgIpc) is 2.69. The lowest BCUT2D eigenvalue weighted by Crippen LogP contribution is -2.19. The number of halogens is 2. The average molecular weight is 247 g/mol. The molecule has 1 aromatic heterocycles. The van der Waals surface area contributed by atoms with Crippen molar-refractivity contribution in [2.24, 2.45) is 0 Å². The van der Waals surface area contributed by atoms with Gasteiger partial charge >= 0.3 is 0 Å². The topological polar surface area (TPSA) is 34.2 Å². The highest BCUT2D eigenvalue weighted by atomic mass is 35.5. The number of anilines is 1. The van der Waals surface area contributed by atoms with Crippen molar-refractivity contribution in [2.45, 2.75) is 18.9 Å². The van der Waals surface area contributed by atoms with Crippen molar-refractivity contribution < 1.29 is 4.74 Å². The molecule has 15 heavy (non-hydrogen) atoms. The molecular formula is C10H12Cl2N2O. The number of rotatable bonds is 3. The van der Waals surface area contributed by atoms with Crippen LogP contribution >= 0.6 is 23.2 Å². The Morgan fingerprint density at radius 3 is 3.07 bits per heavy atom.